The maximum atomic E-state index is 13.3. The average Bonchev–Trinajstić information content (AvgIpc) is 3.13. The summed E-state index contributed by atoms with van der Waals surface area (Å²) in [5.74, 6) is -0.625. The van der Waals surface area contributed by atoms with Crippen LogP contribution in [0.25, 0.3) is 11.5 Å². The van der Waals surface area contributed by atoms with Crippen molar-refractivity contribution in [3.05, 3.63) is 69.9 Å². The summed E-state index contributed by atoms with van der Waals surface area (Å²) in [6.45, 7) is 3.10. The van der Waals surface area contributed by atoms with E-state index >= 15 is 0 Å². The van der Waals surface area contributed by atoms with Gasteiger partial charge in [0.05, 0.1) is 11.3 Å². The van der Waals surface area contributed by atoms with Crippen molar-refractivity contribution < 1.29 is 13.6 Å². The third-order valence-corrected chi connectivity index (χ3v) is 4.13. The van der Waals surface area contributed by atoms with Gasteiger partial charge in [-0.05, 0) is 50.2 Å². The first-order chi connectivity index (χ1) is 12.3. The van der Waals surface area contributed by atoms with E-state index in [1.807, 2.05) is 0 Å². The summed E-state index contributed by atoms with van der Waals surface area (Å²) in [6, 6.07) is 10.0. The van der Waals surface area contributed by atoms with Crippen molar-refractivity contribution >= 4 is 23.2 Å². The van der Waals surface area contributed by atoms with Gasteiger partial charge in [0.25, 0.3) is 11.5 Å². The zero-order valence-electron chi connectivity index (χ0n) is 14.0. The summed E-state index contributed by atoms with van der Waals surface area (Å²) >= 11 is 5.73. The fourth-order valence-corrected chi connectivity index (χ4v) is 2.50. The van der Waals surface area contributed by atoms with Gasteiger partial charge < -0.3 is 9.73 Å². The molecule has 0 unspecified atom stereocenters. The van der Waals surface area contributed by atoms with Crippen molar-refractivity contribution in [3.8, 4) is 11.5 Å². The number of carbonyl (C=O) groups excluding carboxylic acids is 1. The van der Waals surface area contributed by atoms with E-state index in [-0.39, 0.29) is 5.02 Å². The molecule has 134 valence electrons. The number of benzene rings is 1. The molecule has 0 spiro atoms. The van der Waals surface area contributed by atoms with E-state index in [9.17, 15) is 14.0 Å². The highest BCUT2D eigenvalue weighted by Crippen LogP contribution is 2.22. The van der Waals surface area contributed by atoms with Crippen LogP contribution in [0.3, 0.4) is 0 Å². The lowest BCUT2D eigenvalue weighted by Gasteiger charge is -2.25. The molecule has 1 N–H and O–H groups in total. The lowest BCUT2D eigenvalue weighted by molar-refractivity contribution is -0.123. The van der Waals surface area contributed by atoms with E-state index in [1.54, 1.807) is 26.0 Å². The average molecular weight is 376 g/mol. The molecular weight excluding hydrogens is 361 g/mol. The molecule has 8 heteroatoms. The molecule has 2 aromatic heterocycles. The minimum absolute atomic E-state index is 0.115. The molecule has 0 aliphatic carbocycles. The smallest absolute Gasteiger partial charge is 0.267 e. The normalized spacial score (nSPS) is 11.4. The van der Waals surface area contributed by atoms with Gasteiger partial charge in [-0.1, -0.05) is 11.6 Å². The number of nitrogens with one attached hydrogen (secondary N) is 1. The molecule has 2 heterocycles. The van der Waals surface area contributed by atoms with Gasteiger partial charge in [-0.3, -0.25) is 9.59 Å². The van der Waals surface area contributed by atoms with Crippen LogP contribution >= 0.6 is 11.6 Å². The Morgan fingerprint density at radius 3 is 2.69 bits per heavy atom. The molecular formula is C18H15ClFN3O3. The van der Waals surface area contributed by atoms with Crippen LogP contribution in [0.5, 0.6) is 0 Å². The summed E-state index contributed by atoms with van der Waals surface area (Å²) in [4.78, 5) is 25.0. The standard InChI is InChI=1S/C18H15ClFN3O3/c1-18(2,17(25)21-11-5-6-13(20)12(19)10-11)23-16(24)8-7-14(22-23)15-4-3-9-26-15/h3-10H,1-2H3,(H,21,25). The maximum Gasteiger partial charge on any atom is 0.267 e. The number of furan rings is 1. The fourth-order valence-electron chi connectivity index (χ4n) is 2.32. The molecule has 0 atom stereocenters. The highest BCUT2D eigenvalue weighted by molar-refractivity contribution is 6.31. The number of amides is 1. The summed E-state index contributed by atoms with van der Waals surface area (Å²) in [6.07, 6.45) is 1.49. The van der Waals surface area contributed by atoms with Gasteiger partial charge in [-0.2, -0.15) is 5.10 Å². The lowest BCUT2D eigenvalue weighted by atomic mass is 10.0. The van der Waals surface area contributed by atoms with E-state index < -0.39 is 22.8 Å². The Balaban J connectivity index is 1.93. The molecule has 0 fully saturated rings. The molecule has 6 nitrogen and oxygen atoms in total. The third-order valence-electron chi connectivity index (χ3n) is 3.84. The predicted octanol–water partition coefficient (Wildman–Crippen LogP) is 3.67. The third kappa shape index (κ3) is 3.39. The van der Waals surface area contributed by atoms with Gasteiger partial charge in [-0.15, -0.1) is 0 Å². The van der Waals surface area contributed by atoms with Crippen molar-refractivity contribution in [2.24, 2.45) is 0 Å². The predicted molar refractivity (Wildman–Crippen MR) is 95.6 cm³/mol. The number of hydrogen-bond donors (Lipinski definition) is 1. The number of hydrogen-bond acceptors (Lipinski definition) is 4. The first kappa shape index (κ1) is 17.9. The number of anilines is 1. The molecule has 0 saturated carbocycles. The Bertz CT molecular complexity index is 1010. The van der Waals surface area contributed by atoms with Crippen LogP contribution < -0.4 is 10.9 Å². The van der Waals surface area contributed by atoms with Crippen LogP contribution in [-0.2, 0) is 10.3 Å². The van der Waals surface area contributed by atoms with Crippen molar-refractivity contribution in [1.82, 2.24) is 9.78 Å². The SMILES string of the molecule is CC(C)(C(=O)Nc1ccc(F)c(Cl)c1)n1nc(-c2ccco2)ccc1=O. The van der Waals surface area contributed by atoms with Crippen LogP contribution in [0.15, 0.2) is 57.9 Å². The molecule has 3 rings (SSSR count). The molecule has 0 bridgehead atoms. The number of carbonyl (C=O) groups is 1. The first-order valence-electron chi connectivity index (χ1n) is 7.70. The van der Waals surface area contributed by atoms with E-state index in [0.717, 1.165) is 10.7 Å². The van der Waals surface area contributed by atoms with Crippen LogP contribution in [0.2, 0.25) is 5.02 Å². The summed E-state index contributed by atoms with van der Waals surface area (Å²) in [5.41, 5.74) is -1.04. The van der Waals surface area contributed by atoms with Gasteiger partial charge in [0.2, 0.25) is 0 Å². The van der Waals surface area contributed by atoms with Gasteiger partial charge in [0.1, 0.15) is 17.1 Å². The second kappa shape index (κ2) is 6.76. The second-order valence-electron chi connectivity index (χ2n) is 6.09. The van der Waals surface area contributed by atoms with Gasteiger partial charge >= 0.3 is 0 Å². The van der Waals surface area contributed by atoms with Crippen LogP contribution in [0.1, 0.15) is 13.8 Å². The van der Waals surface area contributed by atoms with Crippen molar-refractivity contribution in [1.29, 1.82) is 0 Å². The number of aromatic nitrogens is 2. The van der Waals surface area contributed by atoms with Crippen molar-refractivity contribution in [2.45, 2.75) is 19.4 Å². The first-order valence-corrected chi connectivity index (χ1v) is 8.08. The van der Waals surface area contributed by atoms with Gasteiger partial charge in [0.15, 0.2) is 5.76 Å². The van der Waals surface area contributed by atoms with Gasteiger partial charge in [-0.25, -0.2) is 9.07 Å². The minimum atomic E-state index is -1.32. The molecule has 1 aromatic carbocycles. The molecule has 0 aliphatic heterocycles. The second-order valence-corrected chi connectivity index (χ2v) is 6.50. The molecule has 1 amide bonds. The summed E-state index contributed by atoms with van der Waals surface area (Å²) in [7, 11) is 0. The Morgan fingerprint density at radius 2 is 2.04 bits per heavy atom. The van der Waals surface area contributed by atoms with Crippen LogP contribution in [0.4, 0.5) is 10.1 Å². The van der Waals surface area contributed by atoms with Crippen LogP contribution in [-0.4, -0.2) is 15.7 Å². The monoisotopic (exact) mass is 375 g/mol. The number of halogens is 2. The molecule has 0 saturated heterocycles. The van der Waals surface area contributed by atoms with E-state index in [4.69, 9.17) is 16.0 Å². The fraction of sp³-hybridized carbons (Fsp3) is 0.167. The highest BCUT2D eigenvalue weighted by atomic mass is 35.5. The van der Waals surface area contributed by atoms with Crippen LogP contribution in [0, 0.1) is 5.82 Å². The topological polar surface area (TPSA) is 77.1 Å². The van der Waals surface area contributed by atoms with E-state index in [0.29, 0.717) is 17.1 Å². The molecule has 26 heavy (non-hydrogen) atoms. The Kier molecular flexibility index (Phi) is 4.65. The summed E-state index contributed by atoms with van der Waals surface area (Å²) in [5, 5.41) is 6.75. The van der Waals surface area contributed by atoms with Crippen molar-refractivity contribution in [3.63, 3.8) is 0 Å². The number of nitrogens with zero attached hydrogens (tertiary/aromatic N) is 2. The zero-order chi connectivity index (χ0) is 18.9. The molecule has 0 aliphatic rings. The quantitative estimate of drug-likeness (QED) is 0.754. The Labute approximate surface area is 153 Å². The Morgan fingerprint density at radius 1 is 1.27 bits per heavy atom. The summed E-state index contributed by atoms with van der Waals surface area (Å²) < 4.78 is 19.6. The highest BCUT2D eigenvalue weighted by Gasteiger charge is 2.32. The van der Waals surface area contributed by atoms with E-state index in [2.05, 4.69) is 10.4 Å². The van der Waals surface area contributed by atoms with E-state index in [1.165, 1.54) is 30.5 Å². The van der Waals surface area contributed by atoms with Crippen molar-refractivity contribution in [2.75, 3.05) is 5.32 Å². The molecule has 0 radical (unpaired) electrons. The zero-order valence-corrected chi connectivity index (χ0v) is 14.7. The molecule has 3 aromatic rings. The van der Waals surface area contributed by atoms with Gasteiger partial charge in [0, 0.05) is 11.8 Å². The largest absolute Gasteiger partial charge is 0.463 e. The minimum Gasteiger partial charge on any atom is -0.463 e. The lowest BCUT2D eigenvalue weighted by Crippen LogP contribution is -2.47. The Hall–Kier alpha value is -2.93. The number of rotatable bonds is 4. The maximum absolute atomic E-state index is 13.3.